The number of hydrogen-bond acceptors (Lipinski definition) is 6. The Morgan fingerprint density at radius 3 is 1.68 bits per heavy atom. The van der Waals surface area contributed by atoms with Crippen LogP contribution in [0.25, 0.3) is 0 Å². The molecule has 0 aliphatic carbocycles. The average Bonchev–Trinajstić information content (AvgIpc) is 3.02. The first-order valence-corrected chi connectivity index (χ1v) is 22.8. The van der Waals surface area contributed by atoms with E-state index in [2.05, 4.69) is 122 Å². The minimum absolute atomic E-state index is 0.000939. The van der Waals surface area contributed by atoms with Gasteiger partial charge in [0.05, 0.1) is 45.7 Å². The van der Waals surface area contributed by atoms with Crippen molar-refractivity contribution in [1.29, 1.82) is 0 Å². The summed E-state index contributed by atoms with van der Waals surface area (Å²) >= 11 is 0. The highest BCUT2D eigenvalue weighted by atomic mass is 28.4. The maximum Gasteiger partial charge on any atom is 0.192 e. The number of ether oxygens (including phenoxy) is 3. The fourth-order valence-electron chi connectivity index (χ4n) is 4.59. The van der Waals surface area contributed by atoms with Crippen molar-refractivity contribution in [3.63, 3.8) is 0 Å². The molecule has 3 rings (SSSR count). The van der Waals surface area contributed by atoms with Gasteiger partial charge in [0, 0.05) is 6.54 Å². The molecule has 0 bridgehead atoms. The minimum atomic E-state index is -2.27. The molecule has 3 aromatic carbocycles. The highest BCUT2D eigenvalue weighted by molar-refractivity contribution is 6.74. The maximum atomic E-state index is 7.38. The van der Waals surface area contributed by atoms with E-state index in [4.69, 9.17) is 23.1 Å². The van der Waals surface area contributed by atoms with Gasteiger partial charge in [-0.15, -0.1) is 0 Å². The van der Waals surface area contributed by atoms with Crippen LogP contribution in [0.1, 0.15) is 58.2 Å². The summed E-state index contributed by atoms with van der Waals surface area (Å²) in [5.74, 6) is 0.843. The first-order chi connectivity index (χ1) is 22.0. The minimum Gasteiger partial charge on any atom is -0.497 e. The first kappa shape index (κ1) is 39.1. The summed E-state index contributed by atoms with van der Waals surface area (Å²) in [6.07, 6.45) is -0.664. The van der Waals surface area contributed by atoms with Crippen LogP contribution >= 0.6 is 0 Å². The fourth-order valence-corrected chi connectivity index (χ4v) is 6.97. The molecule has 0 spiro atoms. The zero-order chi connectivity index (χ0) is 34.7. The molecular weight excluding hydrogens is 619 g/mol. The SMILES string of the molecule is COc1ccc(CN[C@H](CO[Si](C)(C)C(C)(C)C)[C@@H](O[Si](C)(C)C(C)(C)C)[C@@H](COCc2ccccc2)OCc2ccccc2)cc1. The van der Waals surface area contributed by atoms with Crippen LogP contribution in [-0.2, 0) is 38.1 Å². The van der Waals surface area contributed by atoms with Crippen molar-refractivity contribution in [1.82, 2.24) is 5.32 Å². The maximum absolute atomic E-state index is 7.38. The van der Waals surface area contributed by atoms with Gasteiger partial charge in [-0.25, -0.2) is 0 Å². The van der Waals surface area contributed by atoms with Crippen LogP contribution < -0.4 is 10.1 Å². The van der Waals surface area contributed by atoms with Gasteiger partial charge in [0.15, 0.2) is 16.6 Å². The number of benzene rings is 3. The van der Waals surface area contributed by atoms with Gasteiger partial charge in [0.2, 0.25) is 0 Å². The predicted molar refractivity (Wildman–Crippen MR) is 200 cm³/mol. The van der Waals surface area contributed by atoms with Crippen molar-refractivity contribution in [2.75, 3.05) is 20.3 Å². The van der Waals surface area contributed by atoms with Gasteiger partial charge < -0.3 is 28.4 Å². The summed E-state index contributed by atoms with van der Waals surface area (Å²) in [6.45, 7) is 25.5. The number of hydrogen-bond donors (Lipinski definition) is 1. The third-order valence-corrected chi connectivity index (χ3v) is 18.8. The van der Waals surface area contributed by atoms with Crippen LogP contribution in [-0.4, -0.2) is 55.2 Å². The standard InChI is InChI=1S/C39H61NO5Si2/c1-38(2,3)46(8,9)44-29-35(40-26-31-22-24-34(41-7)25-23-31)37(45-47(10,11)39(4,5)6)36(43-28-33-20-16-13-17-21-33)30-42-27-32-18-14-12-15-19-32/h12-25,35-37,40H,26-30H2,1-11H3/t35-,36-,37-/m1/s1. The van der Waals surface area contributed by atoms with E-state index in [1.807, 2.05) is 36.4 Å². The van der Waals surface area contributed by atoms with Gasteiger partial charge in [-0.2, -0.15) is 0 Å². The highest BCUT2D eigenvalue weighted by Gasteiger charge is 2.45. The molecule has 1 N–H and O–H groups in total. The molecule has 0 radical (unpaired) electrons. The molecule has 0 aromatic heterocycles. The monoisotopic (exact) mass is 679 g/mol. The van der Waals surface area contributed by atoms with E-state index in [0.29, 0.717) is 33.0 Å². The molecule has 0 aliphatic rings. The molecule has 0 unspecified atom stereocenters. The van der Waals surface area contributed by atoms with Gasteiger partial charge in [0.1, 0.15) is 11.9 Å². The van der Waals surface area contributed by atoms with E-state index < -0.39 is 16.6 Å². The van der Waals surface area contributed by atoms with E-state index in [0.717, 1.165) is 22.4 Å². The molecule has 3 atom stereocenters. The van der Waals surface area contributed by atoms with E-state index in [1.54, 1.807) is 7.11 Å². The second-order valence-electron chi connectivity index (χ2n) is 15.6. The van der Waals surface area contributed by atoms with Crippen molar-refractivity contribution in [3.8, 4) is 5.75 Å². The largest absolute Gasteiger partial charge is 0.497 e. The summed E-state index contributed by atoms with van der Waals surface area (Å²) in [6, 6.07) is 28.7. The van der Waals surface area contributed by atoms with Crippen molar-refractivity contribution in [3.05, 3.63) is 102 Å². The Bertz CT molecular complexity index is 1310. The smallest absolute Gasteiger partial charge is 0.192 e. The number of rotatable bonds is 18. The molecule has 260 valence electrons. The Labute approximate surface area is 287 Å². The van der Waals surface area contributed by atoms with Gasteiger partial charge in [-0.3, -0.25) is 0 Å². The van der Waals surface area contributed by atoms with Crippen molar-refractivity contribution < 1.29 is 23.1 Å². The predicted octanol–water partition coefficient (Wildman–Crippen LogP) is 9.37. The number of methoxy groups -OCH3 is 1. The molecule has 0 saturated carbocycles. The second-order valence-corrected chi connectivity index (χ2v) is 25.2. The highest BCUT2D eigenvalue weighted by Crippen LogP contribution is 2.39. The van der Waals surface area contributed by atoms with Gasteiger partial charge in [-0.1, -0.05) is 114 Å². The van der Waals surface area contributed by atoms with Gasteiger partial charge >= 0.3 is 0 Å². The molecule has 0 heterocycles. The lowest BCUT2D eigenvalue weighted by Crippen LogP contribution is -2.58. The van der Waals surface area contributed by atoms with Gasteiger partial charge in [-0.05, 0) is 65.1 Å². The lowest BCUT2D eigenvalue weighted by Gasteiger charge is -2.45. The molecule has 0 saturated heterocycles. The molecule has 8 heteroatoms. The third-order valence-electron chi connectivity index (χ3n) is 9.86. The molecule has 0 amide bonds. The lowest BCUT2D eigenvalue weighted by molar-refractivity contribution is -0.0980. The third kappa shape index (κ3) is 12.3. The van der Waals surface area contributed by atoms with Crippen LogP contribution in [0.2, 0.25) is 36.3 Å². The van der Waals surface area contributed by atoms with E-state index in [-0.39, 0.29) is 28.3 Å². The van der Waals surface area contributed by atoms with Crippen LogP contribution in [0.15, 0.2) is 84.9 Å². The summed E-state index contributed by atoms with van der Waals surface area (Å²) in [4.78, 5) is 0. The van der Waals surface area contributed by atoms with Crippen LogP contribution in [0.3, 0.4) is 0 Å². The van der Waals surface area contributed by atoms with E-state index >= 15 is 0 Å². The lowest BCUT2D eigenvalue weighted by atomic mass is 10.1. The van der Waals surface area contributed by atoms with Crippen LogP contribution in [0, 0.1) is 0 Å². The normalized spacial score (nSPS) is 14.9. The molecule has 47 heavy (non-hydrogen) atoms. The Hall–Kier alpha value is -2.31. The van der Waals surface area contributed by atoms with Crippen molar-refractivity contribution in [2.45, 2.75) is 116 Å². The average molecular weight is 680 g/mol. The molecule has 0 fully saturated rings. The number of nitrogens with one attached hydrogen (secondary N) is 1. The molecule has 6 nitrogen and oxygen atoms in total. The Morgan fingerprint density at radius 1 is 0.638 bits per heavy atom. The second kappa shape index (κ2) is 17.4. The van der Waals surface area contributed by atoms with Crippen LogP contribution in [0.4, 0.5) is 0 Å². The summed E-state index contributed by atoms with van der Waals surface area (Å²) < 4.78 is 33.0. The van der Waals surface area contributed by atoms with E-state index in [1.165, 1.54) is 0 Å². The van der Waals surface area contributed by atoms with Crippen LogP contribution in [0.5, 0.6) is 5.75 Å². The molecule has 0 aliphatic heterocycles. The summed E-state index contributed by atoms with van der Waals surface area (Å²) in [5.41, 5.74) is 3.41. The fraction of sp³-hybridized carbons (Fsp3) is 0.538. The zero-order valence-corrected chi connectivity index (χ0v) is 32.9. The summed E-state index contributed by atoms with van der Waals surface area (Å²) in [5, 5.41) is 3.95. The quantitative estimate of drug-likeness (QED) is 0.135. The Kier molecular flexibility index (Phi) is 14.5. The van der Waals surface area contributed by atoms with E-state index in [9.17, 15) is 0 Å². The first-order valence-electron chi connectivity index (χ1n) is 17.0. The van der Waals surface area contributed by atoms with Crippen molar-refractivity contribution >= 4 is 16.6 Å². The van der Waals surface area contributed by atoms with Crippen molar-refractivity contribution in [2.24, 2.45) is 0 Å². The molecular formula is C39H61NO5Si2. The molecule has 3 aromatic rings. The van der Waals surface area contributed by atoms with Gasteiger partial charge in [0.25, 0.3) is 0 Å². The topological polar surface area (TPSA) is 58.2 Å². The zero-order valence-electron chi connectivity index (χ0n) is 30.9. The Morgan fingerprint density at radius 2 is 1.17 bits per heavy atom. The summed E-state index contributed by atoms with van der Waals surface area (Å²) in [7, 11) is -2.66. The Balaban J connectivity index is 2.01.